The molecule has 0 unspecified atom stereocenters. The molecule has 0 spiro atoms. The summed E-state index contributed by atoms with van der Waals surface area (Å²) in [5, 5.41) is 12.9. The number of anilines is 1. The lowest BCUT2D eigenvalue weighted by molar-refractivity contribution is 0.475. The van der Waals surface area contributed by atoms with E-state index in [1.807, 2.05) is 6.92 Å². The number of benzene rings is 2. The Balaban J connectivity index is 2.21. The van der Waals surface area contributed by atoms with Crippen LogP contribution in [0, 0.1) is 6.92 Å². The zero-order valence-electron chi connectivity index (χ0n) is 11.7. The van der Waals surface area contributed by atoms with Gasteiger partial charge in [-0.1, -0.05) is 23.7 Å². The summed E-state index contributed by atoms with van der Waals surface area (Å²) in [4.78, 5) is 0.277. The number of hydrogen-bond acceptors (Lipinski definition) is 4. The molecule has 2 N–H and O–H groups in total. The molecule has 0 bridgehead atoms. The number of nitrogens with one attached hydrogen (secondary N) is 1. The maximum atomic E-state index is 11.6. The average Bonchev–Trinajstić information content (AvgIpc) is 2.40. The normalized spacial score (nSPS) is 11.4. The fraction of sp³-hybridized carbons (Fsp3) is 0.200. The number of halogens is 1. The summed E-state index contributed by atoms with van der Waals surface area (Å²) in [6.45, 7) is 2.38. The highest BCUT2D eigenvalue weighted by Crippen LogP contribution is 2.25. The molecule has 2 rings (SSSR count). The van der Waals surface area contributed by atoms with Crippen LogP contribution in [-0.4, -0.2) is 19.8 Å². The van der Waals surface area contributed by atoms with Crippen molar-refractivity contribution in [1.29, 1.82) is 0 Å². The van der Waals surface area contributed by atoms with E-state index in [1.165, 1.54) is 12.3 Å². The van der Waals surface area contributed by atoms with E-state index in [2.05, 4.69) is 5.32 Å². The fourth-order valence-corrected chi connectivity index (χ4v) is 2.73. The Morgan fingerprint density at radius 1 is 1.19 bits per heavy atom. The van der Waals surface area contributed by atoms with Gasteiger partial charge in [0.25, 0.3) is 0 Å². The average molecular weight is 326 g/mol. The Kier molecular flexibility index (Phi) is 4.44. The molecule has 0 aromatic heterocycles. The third kappa shape index (κ3) is 3.89. The number of sulfone groups is 1. The van der Waals surface area contributed by atoms with Gasteiger partial charge >= 0.3 is 0 Å². The largest absolute Gasteiger partial charge is 0.506 e. The molecule has 0 amide bonds. The highest BCUT2D eigenvalue weighted by Gasteiger charge is 2.09. The third-order valence-corrected chi connectivity index (χ3v) is 4.55. The van der Waals surface area contributed by atoms with Crippen LogP contribution < -0.4 is 5.32 Å². The number of aryl methyl sites for hydroxylation is 1. The molecule has 2 aromatic rings. The molecule has 0 aliphatic carbocycles. The van der Waals surface area contributed by atoms with Gasteiger partial charge in [-0.05, 0) is 42.3 Å². The zero-order valence-corrected chi connectivity index (χ0v) is 13.3. The number of phenolic OH excluding ortho intramolecular Hbond substituents is 1. The molecule has 0 atom stereocenters. The summed E-state index contributed by atoms with van der Waals surface area (Å²) < 4.78 is 23.2. The third-order valence-electron chi connectivity index (χ3n) is 3.13. The van der Waals surface area contributed by atoms with Crippen molar-refractivity contribution in [2.45, 2.75) is 18.4 Å². The van der Waals surface area contributed by atoms with E-state index >= 15 is 0 Å². The van der Waals surface area contributed by atoms with Gasteiger partial charge in [-0.3, -0.25) is 0 Å². The maximum Gasteiger partial charge on any atom is 0.175 e. The van der Waals surface area contributed by atoms with Crippen LogP contribution in [0.1, 0.15) is 11.1 Å². The molecule has 0 radical (unpaired) electrons. The quantitative estimate of drug-likeness (QED) is 0.904. The first kappa shape index (κ1) is 15.7. The minimum Gasteiger partial charge on any atom is -0.506 e. The van der Waals surface area contributed by atoms with E-state index in [0.29, 0.717) is 6.54 Å². The second-order valence-corrected chi connectivity index (χ2v) is 7.31. The van der Waals surface area contributed by atoms with Gasteiger partial charge in [-0.15, -0.1) is 0 Å². The summed E-state index contributed by atoms with van der Waals surface area (Å²) in [6, 6.07) is 9.92. The lowest BCUT2D eigenvalue weighted by Gasteiger charge is -2.11. The van der Waals surface area contributed by atoms with Crippen LogP contribution in [-0.2, 0) is 16.4 Å². The van der Waals surface area contributed by atoms with Crippen LogP contribution in [0.3, 0.4) is 0 Å². The van der Waals surface area contributed by atoms with Crippen LogP contribution >= 0.6 is 11.6 Å². The van der Waals surface area contributed by atoms with Crippen molar-refractivity contribution in [2.24, 2.45) is 0 Å². The van der Waals surface area contributed by atoms with Crippen molar-refractivity contribution < 1.29 is 13.5 Å². The molecule has 0 heterocycles. The summed E-state index contributed by atoms with van der Waals surface area (Å²) in [5.74, 6) is 0.0377. The number of aromatic hydroxyl groups is 1. The SMILES string of the molecule is Cc1ccc(S(C)(=O)=O)cc1NCc1ccc(O)c(Cl)c1. The summed E-state index contributed by atoms with van der Waals surface area (Å²) in [7, 11) is -3.23. The molecular formula is C15H16ClNO3S. The summed E-state index contributed by atoms with van der Waals surface area (Å²) in [5.41, 5.74) is 2.59. The first-order chi connectivity index (χ1) is 9.77. The van der Waals surface area contributed by atoms with E-state index in [1.54, 1.807) is 30.3 Å². The first-order valence-corrected chi connectivity index (χ1v) is 8.56. The molecule has 0 fully saturated rings. The van der Waals surface area contributed by atoms with E-state index in [4.69, 9.17) is 11.6 Å². The Morgan fingerprint density at radius 3 is 2.52 bits per heavy atom. The molecule has 21 heavy (non-hydrogen) atoms. The predicted octanol–water partition coefficient (Wildman–Crippen LogP) is 3.37. The van der Waals surface area contributed by atoms with Crippen molar-refractivity contribution in [3.05, 3.63) is 52.5 Å². The number of rotatable bonds is 4. The van der Waals surface area contributed by atoms with Gasteiger partial charge in [0.15, 0.2) is 9.84 Å². The van der Waals surface area contributed by atoms with Crippen LogP contribution in [0.4, 0.5) is 5.69 Å². The summed E-state index contributed by atoms with van der Waals surface area (Å²) >= 11 is 5.85. The second kappa shape index (κ2) is 5.95. The van der Waals surface area contributed by atoms with Crippen molar-refractivity contribution in [2.75, 3.05) is 11.6 Å². The van der Waals surface area contributed by atoms with Crippen molar-refractivity contribution in [3.8, 4) is 5.75 Å². The molecule has 0 saturated carbocycles. The standard InChI is InChI=1S/C15H16ClNO3S/c1-10-3-5-12(21(2,19)20)8-14(10)17-9-11-4-6-15(18)13(16)7-11/h3-8,17-18H,9H2,1-2H3. The van der Waals surface area contributed by atoms with Gasteiger partial charge in [-0.25, -0.2) is 8.42 Å². The van der Waals surface area contributed by atoms with Gasteiger partial charge in [0, 0.05) is 18.5 Å². The molecule has 4 nitrogen and oxygen atoms in total. The molecule has 0 aliphatic rings. The molecule has 6 heteroatoms. The Hall–Kier alpha value is -1.72. The molecule has 112 valence electrons. The Bertz CT molecular complexity index is 772. The Morgan fingerprint density at radius 2 is 1.90 bits per heavy atom. The molecule has 2 aromatic carbocycles. The van der Waals surface area contributed by atoms with Crippen molar-refractivity contribution in [1.82, 2.24) is 0 Å². The maximum absolute atomic E-state index is 11.6. The Labute approximate surface area is 129 Å². The minimum absolute atomic E-state index is 0.0377. The van der Waals surface area contributed by atoms with E-state index < -0.39 is 9.84 Å². The highest BCUT2D eigenvalue weighted by molar-refractivity contribution is 7.90. The second-order valence-electron chi connectivity index (χ2n) is 4.89. The zero-order chi connectivity index (χ0) is 15.6. The van der Waals surface area contributed by atoms with Crippen molar-refractivity contribution >= 4 is 27.1 Å². The van der Waals surface area contributed by atoms with Crippen LogP contribution in [0.25, 0.3) is 0 Å². The van der Waals surface area contributed by atoms with Gasteiger partial charge in [0.05, 0.1) is 9.92 Å². The van der Waals surface area contributed by atoms with E-state index in [9.17, 15) is 13.5 Å². The molecule has 0 aliphatic heterocycles. The smallest absolute Gasteiger partial charge is 0.175 e. The monoisotopic (exact) mass is 325 g/mol. The highest BCUT2D eigenvalue weighted by atomic mass is 35.5. The number of phenols is 1. The molecular weight excluding hydrogens is 310 g/mol. The topological polar surface area (TPSA) is 66.4 Å². The summed E-state index contributed by atoms with van der Waals surface area (Å²) in [6.07, 6.45) is 1.18. The fourth-order valence-electron chi connectivity index (χ4n) is 1.88. The van der Waals surface area contributed by atoms with Crippen molar-refractivity contribution in [3.63, 3.8) is 0 Å². The van der Waals surface area contributed by atoms with Crippen LogP contribution in [0.5, 0.6) is 5.75 Å². The lowest BCUT2D eigenvalue weighted by atomic mass is 10.1. The van der Waals surface area contributed by atoms with E-state index in [0.717, 1.165) is 16.8 Å². The predicted molar refractivity (Wildman–Crippen MR) is 84.7 cm³/mol. The van der Waals surface area contributed by atoms with Gasteiger partial charge < -0.3 is 10.4 Å². The van der Waals surface area contributed by atoms with E-state index in [-0.39, 0.29) is 15.7 Å². The minimum atomic E-state index is -3.23. The van der Waals surface area contributed by atoms with Crippen LogP contribution in [0.15, 0.2) is 41.3 Å². The first-order valence-electron chi connectivity index (χ1n) is 6.29. The lowest BCUT2D eigenvalue weighted by Crippen LogP contribution is -2.04. The van der Waals surface area contributed by atoms with Gasteiger partial charge in [-0.2, -0.15) is 0 Å². The molecule has 0 saturated heterocycles. The van der Waals surface area contributed by atoms with Crippen LogP contribution in [0.2, 0.25) is 5.02 Å². The van der Waals surface area contributed by atoms with Gasteiger partial charge in [0.2, 0.25) is 0 Å². The van der Waals surface area contributed by atoms with Gasteiger partial charge in [0.1, 0.15) is 5.75 Å². The number of hydrogen-bond donors (Lipinski definition) is 2.